The molecule has 7 heteroatoms. The molecule has 19 heavy (non-hydrogen) atoms. The molecule has 0 aromatic heterocycles. The summed E-state index contributed by atoms with van der Waals surface area (Å²) >= 11 is 0. The number of carbonyl (C=O) groups excluding carboxylic acids is 1. The van der Waals surface area contributed by atoms with E-state index in [1.54, 1.807) is 6.92 Å². The van der Waals surface area contributed by atoms with Crippen LogP contribution in [0.15, 0.2) is 17.4 Å². The molecule has 0 bridgehead atoms. The van der Waals surface area contributed by atoms with Gasteiger partial charge in [-0.25, -0.2) is 14.7 Å². The Bertz CT molecular complexity index is 182. The maximum absolute atomic E-state index is 9.11. The minimum atomic E-state index is 0.444. The lowest BCUT2D eigenvalue weighted by molar-refractivity contribution is -0.241. The highest BCUT2D eigenvalue weighted by molar-refractivity contribution is 5.32. The van der Waals surface area contributed by atoms with Crippen LogP contribution in [0.5, 0.6) is 0 Å². The van der Waals surface area contributed by atoms with Crippen molar-refractivity contribution in [2.75, 3.05) is 33.8 Å². The number of hydrogen-bond acceptors (Lipinski definition) is 7. The average Bonchev–Trinajstić information content (AvgIpc) is 2.45. The van der Waals surface area contributed by atoms with Crippen molar-refractivity contribution < 1.29 is 14.9 Å². The molecule has 0 saturated carbocycles. The largest absolute Gasteiger partial charge is 0.393 e. The fraction of sp³-hybridized carbons (Fsp3) is 0.750. The Morgan fingerprint density at radius 3 is 2.05 bits per heavy atom. The smallest absolute Gasteiger partial charge is 0.234 e. The molecule has 0 atom stereocenters. The van der Waals surface area contributed by atoms with E-state index < -0.39 is 0 Å². The lowest BCUT2D eigenvalue weighted by Gasteiger charge is -1.89. The third-order valence-electron chi connectivity index (χ3n) is 1.09. The molecule has 0 radical (unpaired) electrons. The van der Waals surface area contributed by atoms with E-state index in [0.29, 0.717) is 13.2 Å². The van der Waals surface area contributed by atoms with Crippen molar-refractivity contribution in [3.63, 3.8) is 0 Å². The molecule has 0 aliphatic rings. The molecule has 0 aliphatic heterocycles. The molecule has 116 valence electrons. The van der Waals surface area contributed by atoms with Crippen LogP contribution in [0.4, 0.5) is 0 Å². The molecular formula is C12H30N4O3. The van der Waals surface area contributed by atoms with Gasteiger partial charge in [-0.3, -0.25) is 5.26 Å². The Labute approximate surface area is 116 Å². The predicted octanol–water partition coefficient (Wildman–Crippen LogP) is 1.09. The molecule has 0 rings (SSSR count). The zero-order chi connectivity index (χ0) is 15.8. The minimum Gasteiger partial charge on any atom is -0.393 e. The molecule has 0 amide bonds. The zero-order valence-corrected chi connectivity index (χ0v) is 12.8. The summed E-state index contributed by atoms with van der Waals surface area (Å²) in [6, 6.07) is 0. The van der Waals surface area contributed by atoms with Crippen molar-refractivity contribution in [2.45, 2.75) is 27.2 Å². The highest BCUT2D eigenvalue weighted by atomic mass is 17.1. The van der Waals surface area contributed by atoms with Crippen LogP contribution in [-0.4, -0.2) is 45.1 Å². The quantitative estimate of drug-likeness (QED) is 0.251. The number of nitrogens with two attached hydrogens (primary N) is 1. The fourth-order valence-electron chi connectivity index (χ4n) is 0.416. The maximum atomic E-state index is 9.11. The van der Waals surface area contributed by atoms with Gasteiger partial charge in [0.1, 0.15) is 0 Å². The Kier molecular flexibility index (Phi) is 60.5. The van der Waals surface area contributed by atoms with Crippen LogP contribution in [0.1, 0.15) is 27.2 Å². The summed E-state index contributed by atoms with van der Waals surface area (Å²) in [6.07, 6.45) is 5.99. The molecule has 0 saturated heterocycles. The predicted molar refractivity (Wildman–Crippen MR) is 79.5 cm³/mol. The highest BCUT2D eigenvalue weighted by Crippen LogP contribution is 1.70. The van der Waals surface area contributed by atoms with Gasteiger partial charge in [0, 0.05) is 32.5 Å². The third kappa shape index (κ3) is 81.2. The van der Waals surface area contributed by atoms with Crippen LogP contribution in [0.3, 0.4) is 0 Å². The lowest BCUT2D eigenvalue weighted by atomic mass is 10.5. The summed E-state index contributed by atoms with van der Waals surface area (Å²) in [5.41, 5.74) is 4.50. The van der Waals surface area contributed by atoms with E-state index in [2.05, 4.69) is 33.2 Å². The van der Waals surface area contributed by atoms with Crippen molar-refractivity contribution in [3.05, 3.63) is 12.4 Å². The molecule has 0 spiro atoms. The van der Waals surface area contributed by atoms with Crippen LogP contribution in [-0.2, 0) is 9.68 Å². The van der Waals surface area contributed by atoms with Crippen molar-refractivity contribution in [1.29, 1.82) is 0 Å². The van der Waals surface area contributed by atoms with Crippen LogP contribution in [0.2, 0.25) is 0 Å². The molecule has 0 aromatic rings. The molecule has 0 unspecified atom stereocenters. The zero-order valence-electron chi connectivity index (χ0n) is 12.8. The number of isocyanates is 1. The Hall–Kier alpha value is -1.40. The van der Waals surface area contributed by atoms with E-state index in [0.717, 1.165) is 13.0 Å². The molecule has 7 nitrogen and oxygen atoms in total. The summed E-state index contributed by atoms with van der Waals surface area (Å²) in [7, 11) is 3.37. The summed E-state index contributed by atoms with van der Waals surface area (Å²) in [6.45, 7) is 7.74. The number of hydrogen-bond donors (Lipinski definition) is 4. The van der Waals surface area contributed by atoms with Crippen LogP contribution in [0, 0.1) is 0 Å². The highest BCUT2D eigenvalue weighted by Gasteiger charge is 1.68. The number of nitrogens with one attached hydrogen (secondary N) is 2. The Morgan fingerprint density at radius 1 is 1.32 bits per heavy atom. The molecular weight excluding hydrogens is 248 g/mol. The van der Waals surface area contributed by atoms with E-state index in [9.17, 15) is 0 Å². The Morgan fingerprint density at radius 2 is 1.89 bits per heavy atom. The van der Waals surface area contributed by atoms with Gasteiger partial charge in [-0.1, -0.05) is 6.92 Å². The first kappa shape index (κ1) is 26.2. The topological polar surface area (TPSA) is 109 Å². The van der Waals surface area contributed by atoms with Gasteiger partial charge in [-0.15, -0.1) is 0 Å². The van der Waals surface area contributed by atoms with Crippen LogP contribution < -0.4 is 16.4 Å². The Balaban J connectivity index is -0.0000000848. The van der Waals surface area contributed by atoms with Gasteiger partial charge < -0.3 is 16.4 Å². The van der Waals surface area contributed by atoms with Gasteiger partial charge in [0.2, 0.25) is 6.08 Å². The summed E-state index contributed by atoms with van der Waals surface area (Å²) in [4.78, 5) is 16.0. The SMILES string of the molecule is CCCOO.CCN=C=O.CCNC=CNC.CN. The standard InChI is InChI=1S/C5H12N2.C3H5NO.C3H8O2.CH5N/c1-3-7-5-4-6-2;1-2-4-3-5;1-2-3-5-4;1-2/h4-7H,3H2,1-2H3;2H2,1H3;4H,2-3H2,1H3;2H2,1H3. The van der Waals surface area contributed by atoms with Crippen LogP contribution >= 0.6 is 0 Å². The first-order chi connectivity index (χ1) is 9.24. The molecule has 0 aromatic carbocycles. The maximum Gasteiger partial charge on any atom is 0.234 e. The monoisotopic (exact) mass is 278 g/mol. The van der Waals surface area contributed by atoms with E-state index in [1.807, 2.05) is 26.4 Å². The number of aliphatic imine (C=N–C) groups is 1. The summed E-state index contributed by atoms with van der Waals surface area (Å²) in [5, 5.41) is 13.4. The first-order valence-electron chi connectivity index (χ1n) is 6.18. The van der Waals surface area contributed by atoms with Gasteiger partial charge in [-0.05, 0) is 27.3 Å². The molecule has 0 heterocycles. The van der Waals surface area contributed by atoms with E-state index in [1.165, 1.54) is 13.1 Å². The van der Waals surface area contributed by atoms with Gasteiger partial charge in [0.15, 0.2) is 0 Å². The number of rotatable bonds is 6. The molecule has 0 aliphatic carbocycles. The van der Waals surface area contributed by atoms with Crippen LogP contribution in [0.25, 0.3) is 0 Å². The van der Waals surface area contributed by atoms with E-state index in [-0.39, 0.29) is 0 Å². The first-order valence-corrected chi connectivity index (χ1v) is 6.18. The minimum absolute atomic E-state index is 0.444. The molecule has 5 N–H and O–H groups in total. The number of nitrogens with zero attached hydrogens (tertiary/aromatic N) is 1. The van der Waals surface area contributed by atoms with Gasteiger partial charge in [0.05, 0.1) is 6.61 Å². The normalized spacial score (nSPS) is 7.53. The summed E-state index contributed by atoms with van der Waals surface area (Å²) < 4.78 is 0. The van der Waals surface area contributed by atoms with Gasteiger partial charge in [0.25, 0.3) is 0 Å². The summed E-state index contributed by atoms with van der Waals surface area (Å²) in [5.74, 6) is 0. The van der Waals surface area contributed by atoms with E-state index in [4.69, 9.17) is 10.1 Å². The fourth-order valence-corrected chi connectivity index (χ4v) is 0.416. The average molecular weight is 278 g/mol. The van der Waals surface area contributed by atoms with E-state index >= 15 is 0 Å². The lowest BCUT2D eigenvalue weighted by Crippen LogP contribution is -2.04. The van der Waals surface area contributed by atoms with Crippen molar-refractivity contribution >= 4 is 6.08 Å². The van der Waals surface area contributed by atoms with Gasteiger partial charge >= 0.3 is 0 Å². The third-order valence-corrected chi connectivity index (χ3v) is 1.09. The second-order valence-corrected chi connectivity index (χ2v) is 2.58. The van der Waals surface area contributed by atoms with Crippen molar-refractivity contribution in [3.8, 4) is 0 Å². The van der Waals surface area contributed by atoms with Crippen molar-refractivity contribution in [2.24, 2.45) is 10.7 Å². The molecule has 0 fully saturated rings. The second-order valence-electron chi connectivity index (χ2n) is 2.58. The second kappa shape index (κ2) is 43.8. The van der Waals surface area contributed by atoms with Gasteiger partial charge in [-0.2, -0.15) is 0 Å². The van der Waals surface area contributed by atoms with Crippen molar-refractivity contribution in [1.82, 2.24) is 10.6 Å².